The van der Waals surface area contributed by atoms with E-state index in [1.54, 1.807) is 23.1 Å². The molecule has 2 fully saturated rings. The molecule has 5 nitrogen and oxygen atoms in total. The zero-order valence-electron chi connectivity index (χ0n) is 12.6. The van der Waals surface area contributed by atoms with E-state index in [2.05, 4.69) is 5.32 Å². The highest BCUT2D eigenvalue weighted by Gasteiger charge is 2.34. The maximum Gasteiger partial charge on any atom is 0.260 e. The number of nitrogens with zero attached hydrogens (tertiary/aromatic N) is 1. The fourth-order valence-corrected chi connectivity index (χ4v) is 3.54. The Hall–Kier alpha value is -1.46. The quantitative estimate of drug-likeness (QED) is 0.904. The third-order valence-corrected chi connectivity index (χ3v) is 4.83. The molecule has 0 spiro atoms. The molecule has 124 valence electrons. The molecule has 0 unspecified atom stereocenters. The van der Waals surface area contributed by atoms with Gasteiger partial charge in [-0.2, -0.15) is 0 Å². The highest BCUT2D eigenvalue weighted by Crippen LogP contribution is 2.28. The molecule has 3 rings (SSSR count). The van der Waals surface area contributed by atoms with Crippen LogP contribution in [0.4, 0.5) is 0 Å². The molecule has 0 radical (unpaired) electrons. The van der Waals surface area contributed by atoms with Crippen LogP contribution in [0.25, 0.3) is 0 Å². The lowest BCUT2D eigenvalue weighted by Crippen LogP contribution is -2.43. The molecule has 1 N–H and O–H groups in total. The maximum absolute atomic E-state index is 12.4. The SMILES string of the molecule is O=C1N[C@@H]2CCC[C@H]1CN(C(=O)COc1ccc(Cl)cc1Cl)C2. The Morgan fingerprint density at radius 2 is 2.13 bits per heavy atom. The van der Waals surface area contributed by atoms with Crippen molar-refractivity contribution in [2.24, 2.45) is 5.92 Å². The predicted molar refractivity (Wildman–Crippen MR) is 87.8 cm³/mol. The molecule has 0 saturated carbocycles. The van der Waals surface area contributed by atoms with Gasteiger partial charge in [0.1, 0.15) is 5.75 Å². The normalized spacial score (nSPS) is 23.9. The van der Waals surface area contributed by atoms with Crippen molar-refractivity contribution in [1.82, 2.24) is 10.2 Å². The third-order valence-electron chi connectivity index (χ3n) is 4.30. The largest absolute Gasteiger partial charge is 0.482 e. The number of benzene rings is 1. The molecule has 2 saturated heterocycles. The average molecular weight is 357 g/mol. The van der Waals surface area contributed by atoms with Crippen LogP contribution < -0.4 is 10.1 Å². The Morgan fingerprint density at radius 1 is 1.30 bits per heavy atom. The Kier molecular flexibility index (Phi) is 4.97. The molecule has 1 aromatic carbocycles. The molecule has 2 atom stereocenters. The lowest BCUT2D eigenvalue weighted by atomic mass is 9.99. The summed E-state index contributed by atoms with van der Waals surface area (Å²) >= 11 is 11.9. The topological polar surface area (TPSA) is 58.6 Å². The van der Waals surface area contributed by atoms with Crippen molar-refractivity contribution in [1.29, 1.82) is 0 Å². The number of likely N-dealkylation sites (tertiary alicyclic amines) is 1. The number of fused-ring (bicyclic) bond motifs is 3. The van der Waals surface area contributed by atoms with Crippen molar-refractivity contribution >= 4 is 35.0 Å². The van der Waals surface area contributed by atoms with Crippen molar-refractivity contribution in [3.8, 4) is 5.75 Å². The van der Waals surface area contributed by atoms with Crippen LogP contribution in [-0.2, 0) is 9.59 Å². The number of carbonyl (C=O) groups is 2. The van der Waals surface area contributed by atoms with E-state index < -0.39 is 0 Å². The van der Waals surface area contributed by atoms with Crippen LogP contribution in [0.5, 0.6) is 5.75 Å². The Morgan fingerprint density at radius 3 is 2.91 bits per heavy atom. The van der Waals surface area contributed by atoms with Crippen LogP contribution in [-0.4, -0.2) is 42.5 Å². The van der Waals surface area contributed by atoms with Crippen molar-refractivity contribution in [2.75, 3.05) is 19.7 Å². The molecule has 2 amide bonds. The molecular weight excluding hydrogens is 339 g/mol. The zero-order chi connectivity index (χ0) is 16.4. The second kappa shape index (κ2) is 6.97. The van der Waals surface area contributed by atoms with E-state index in [4.69, 9.17) is 27.9 Å². The van der Waals surface area contributed by atoms with E-state index in [1.165, 1.54) is 0 Å². The number of amides is 2. The molecular formula is C16H18Cl2N2O3. The summed E-state index contributed by atoms with van der Waals surface area (Å²) in [6.45, 7) is 0.895. The summed E-state index contributed by atoms with van der Waals surface area (Å²) in [6.07, 6.45) is 2.76. The summed E-state index contributed by atoms with van der Waals surface area (Å²) < 4.78 is 5.51. The van der Waals surface area contributed by atoms with E-state index in [-0.39, 0.29) is 30.4 Å². The molecule has 7 heteroatoms. The van der Waals surface area contributed by atoms with Crippen molar-refractivity contribution in [3.05, 3.63) is 28.2 Å². The summed E-state index contributed by atoms with van der Waals surface area (Å²) in [5.74, 6) is 0.230. The Labute approximate surface area is 144 Å². The first-order chi connectivity index (χ1) is 11.0. The van der Waals surface area contributed by atoms with Gasteiger partial charge in [0.05, 0.1) is 10.9 Å². The molecule has 2 aliphatic rings. The minimum Gasteiger partial charge on any atom is -0.482 e. The number of ether oxygens (including phenoxy) is 1. The second-order valence-corrected chi connectivity index (χ2v) is 6.84. The number of rotatable bonds is 3. The molecule has 0 aliphatic carbocycles. The van der Waals surface area contributed by atoms with E-state index >= 15 is 0 Å². The van der Waals surface area contributed by atoms with Gasteiger partial charge >= 0.3 is 0 Å². The molecule has 2 aliphatic heterocycles. The third kappa shape index (κ3) is 3.90. The van der Waals surface area contributed by atoms with Crippen LogP contribution in [0.1, 0.15) is 19.3 Å². The molecule has 23 heavy (non-hydrogen) atoms. The minimum absolute atomic E-state index is 0.0399. The van der Waals surface area contributed by atoms with E-state index in [9.17, 15) is 9.59 Å². The van der Waals surface area contributed by atoms with Gasteiger partial charge in [-0.1, -0.05) is 29.6 Å². The lowest BCUT2D eigenvalue weighted by molar-refractivity contribution is -0.134. The van der Waals surface area contributed by atoms with Gasteiger partial charge in [-0.05, 0) is 31.0 Å². The van der Waals surface area contributed by atoms with E-state index in [0.29, 0.717) is 28.9 Å². The van der Waals surface area contributed by atoms with Gasteiger partial charge in [-0.15, -0.1) is 0 Å². The summed E-state index contributed by atoms with van der Waals surface area (Å²) in [7, 11) is 0. The molecule has 2 bridgehead atoms. The van der Waals surface area contributed by atoms with Crippen LogP contribution >= 0.6 is 23.2 Å². The van der Waals surface area contributed by atoms with Crippen LogP contribution in [0.15, 0.2) is 18.2 Å². The number of halogens is 2. The predicted octanol–water partition coefficient (Wildman–Crippen LogP) is 2.50. The smallest absolute Gasteiger partial charge is 0.260 e. The highest BCUT2D eigenvalue weighted by molar-refractivity contribution is 6.35. The van der Waals surface area contributed by atoms with Gasteiger partial charge in [0.25, 0.3) is 5.91 Å². The summed E-state index contributed by atoms with van der Waals surface area (Å²) in [5.41, 5.74) is 0. The molecule has 1 aromatic rings. The minimum atomic E-state index is -0.135. The molecule has 0 aromatic heterocycles. The maximum atomic E-state index is 12.4. The second-order valence-electron chi connectivity index (χ2n) is 6.00. The Bertz CT molecular complexity index is 623. The fourth-order valence-electron chi connectivity index (χ4n) is 3.08. The van der Waals surface area contributed by atoms with Gasteiger partial charge in [0.15, 0.2) is 6.61 Å². The van der Waals surface area contributed by atoms with E-state index in [1.807, 2.05) is 0 Å². The van der Waals surface area contributed by atoms with Gasteiger partial charge in [-0.25, -0.2) is 0 Å². The van der Waals surface area contributed by atoms with Gasteiger partial charge in [0, 0.05) is 24.2 Å². The van der Waals surface area contributed by atoms with Crippen molar-refractivity contribution in [2.45, 2.75) is 25.3 Å². The first kappa shape index (κ1) is 16.4. The summed E-state index contributed by atoms with van der Waals surface area (Å²) in [5, 5.41) is 3.89. The van der Waals surface area contributed by atoms with Crippen molar-refractivity contribution < 1.29 is 14.3 Å². The fraction of sp³-hybridized carbons (Fsp3) is 0.500. The van der Waals surface area contributed by atoms with Crippen molar-refractivity contribution in [3.63, 3.8) is 0 Å². The van der Waals surface area contributed by atoms with Gasteiger partial charge in [-0.3, -0.25) is 9.59 Å². The summed E-state index contributed by atoms with van der Waals surface area (Å²) in [6, 6.07) is 4.91. The Balaban J connectivity index is 1.63. The lowest BCUT2D eigenvalue weighted by Gasteiger charge is -2.27. The number of hydrogen-bond donors (Lipinski definition) is 1. The monoisotopic (exact) mass is 356 g/mol. The van der Waals surface area contributed by atoms with Gasteiger partial charge in [0.2, 0.25) is 5.91 Å². The van der Waals surface area contributed by atoms with Crippen LogP contribution in [0.2, 0.25) is 10.0 Å². The highest BCUT2D eigenvalue weighted by atomic mass is 35.5. The van der Waals surface area contributed by atoms with Crippen LogP contribution in [0, 0.1) is 5.92 Å². The number of hydrogen-bond acceptors (Lipinski definition) is 3. The zero-order valence-corrected chi connectivity index (χ0v) is 14.1. The number of nitrogens with one attached hydrogen (secondary N) is 1. The average Bonchev–Trinajstić information content (AvgIpc) is 2.74. The first-order valence-electron chi connectivity index (χ1n) is 7.69. The molecule has 2 heterocycles. The standard InChI is InChI=1S/C16H18Cl2N2O3/c17-11-4-5-14(13(18)6-11)23-9-15(21)20-7-10-2-1-3-12(8-20)19-16(10)22/h4-6,10,12H,1-3,7-9H2,(H,19,22)/t10-,12+/m0/s1. The van der Waals surface area contributed by atoms with E-state index in [0.717, 1.165) is 19.3 Å². The van der Waals surface area contributed by atoms with Gasteiger partial charge < -0.3 is 15.0 Å². The first-order valence-corrected chi connectivity index (χ1v) is 8.44. The van der Waals surface area contributed by atoms with Crippen LogP contribution in [0.3, 0.4) is 0 Å². The number of carbonyl (C=O) groups excluding carboxylic acids is 2. The summed E-state index contributed by atoms with van der Waals surface area (Å²) in [4.78, 5) is 26.2.